The maximum atomic E-state index is 12.6. The van der Waals surface area contributed by atoms with Gasteiger partial charge in [-0.1, -0.05) is 29.4 Å². The number of rotatable bonds is 4. The molecule has 0 radical (unpaired) electrons. The van der Waals surface area contributed by atoms with E-state index in [1.807, 2.05) is 48.2 Å². The Morgan fingerprint density at radius 2 is 2.16 bits per heavy atom. The molecule has 0 aliphatic carbocycles. The van der Waals surface area contributed by atoms with Crippen molar-refractivity contribution < 1.29 is 9.32 Å². The number of hydrogen-bond acceptors (Lipinski definition) is 5. The van der Waals surface area contributed by atoms with Gasteiger partial charge in [-0.05, 0) is 36.6 Å². The van der Waals surface area contributed by atoms with Gasteiger partial charge in [0.25, 0.3) is 0 Å². The second-order valence-corrected chi connectivity index (χ2v) is 6.19. The highest BCUT2D eigenvalue weighted by Crippen LogP contribution is 2.33. The summed E-state index contributed by atoms with van der Waals surface area (Å²) in [6.45, 7) is 2.74. The van der Waals surface area contributed by atoms with E-state index in [0.717, 1.165) is 29.7 Å². The van der Waals surface area contributed by atoms with E-state index >= 15 is 0 Å². The molecule has 0 unspecified atom stereocenters. The quantitative estimate of drug-likeness (QED) is 0.733. The molecular weight excluding hydrogens is 316 g/mol. The van der Waals surface area contributed by atoms with Crippen molar-refractivity contribution in [2.75, 3.05) is 6.54 Å². The zero-order valence-corrected chi connectivity index (χ0v) is 13.9. The van der Waals surface area contributed by atoms with Crippen molar-refractivity contribution in [1.82, 2.24) is 20.0 Å². The minimum absolute atomic E-state index is 0.0895. The Morgan fingerprint density at radius 3 is 2.88 bits per heavy atom. The smallest absolute Gasteiger partial charge is 0.249 e. The zero-order chi connectivity index (χ0) is 17.2. The Bertz CT molecular complexity index is 891. The molecule has 0 spiro atoms. The molecule has 2 aromatic heterocycles. The molecule has 0 bridgehead atoms. The van der Waals surface area contributed by atoms with Crippen LogP contribution in [0.2, 0.25) is 0 Å². The average molecular weight is 334 g/mol. The van der Waals surface area contributed by atoms with E-state index in [2.05, 4.69) is 15.1 Å². The minimum atomic E-state index is -0.130. The summed E-state index contributed by atoms with van der Waals surface area (Å²) in [6, 6.07) is 11.5. The van der Waals surface area contributed by atoms with Gasteiger partial charge >= 0.3 is 0 Å². The molecule has 1 aliphatic heterocycles. The van der Waals surface area contributed by atoms with E-state index in [-0.39, 0.29) is 11.9 Å². The normalized spacial score (nSPS) is 16.5. The van der Waals surface area contributed by atoms with Crippen LogP contribution in [0.15, 0.2) is 53.3 Å². The highest BCUT2D eigenvalue weighted by atomic mass is 16.5. The predicted octanol–water partition coefficient (Wildman–Crippen LogP) is 2.96. The number of aryl methyl sites for hydroxylation is 1. The molecule has 3 aromatic rings. The van der Waals surface area contributed by atoms with E-state index in [4.69, 9.17) is 4.52 Å². The Kier molecular flexibility index (Phi) is 4.01. The van der Waals surface area contributed by atoms with Gasteiger partial charge in [-0.3, -0.25) is 9.78 Å². The van der Waals surface area contributed by atoms with Crippen LogP contribution in [0.1, 0.15) is 29.5 Å². The Labute approximate surface area is 145 Å². The number of likely N-dealkylation sites (tertiary alicyclic amines) is 1. The minimum Gasteiger partial charge on any atom is -0.337 e. The lowest BCUT2D eigenvalue weighted by Crippen LogP contribution is -2.46. The van der Waals surface area contributed by atoms with Gasteiger partial charge in [-0.15, -0.1) is 0 Å². The number of nitrogens with zero attached hydrogens (tertiary/aromatic N) is 4. The summed E-state index contributed by atoms with van der Waals surface area (Å²) in [5.74, 6) is 1.08. The van der Waals surface area contributed by atoms with Crippen LogP contribution in [-0.2, 0) is 11.2 Å². The molecular formula is C19H18N4O2. The topological polar surface area (TPSA) is 72.1 Å². The molecule has 126 valence electrons. The van der Waals surface area contributed by atoms with Crippen molar-refractivity contribution in [2.24, 2.45) is 0 Å². The first-order valence-electron chi connectivity index (χ1n) is 8.30. The standard InChI is InChI=1S/C19H18N4O2/c1-13-5-2-3-6-14(13)11-17(24)23-10-8-16(23)19-21-18(22-25-19)15-7-4-9-20-12-15/h2-7,9,12,16H,8,10-11H2,1H3/t16-/m1/s1. The SMILES string of the molecule is Cc1ccccc1CC(=O)N1CC[C@@H]1c1nc(-c2cccnc2)no1. The fourth-order valence-corrected chi connectivity index (χ4v) is 3.00. The largest absolute Gasteiger partial charge is 0.337 e. The van der Waals surface area contributed by atoms with Crippen LogP contribution in [-0.4, -0.2) is 32.5 Å². The molecule has 6 nitrogen and oxygen atoms in total. The van der Waals surface area contributed by atoms with Crippen molar-refractivity contribution in [3.05, 3.63) is 65.8 Å². The third-order valence-electron chi connectivity index (χ3n) is 4.59. The predicted molar refractivity (Wildman–Crippen MR) is 91.5 cm³/mol. The summed E-state index contributed by atoms with van der Waals surface area (Å²) < 4.78 is 5.39. The van der Waals surface area contributed by atoms with Gasteiger partial charge in [-0.2, -0.15) is 4.98 Å². The van der Waals surface area contributed by atoms with Crippen LogP contribution < -0.4 is 0 Å². The Morgan fingerprint density at radius 1 is 1.28 bits per heavy atom. The highest BCUT2D eigenvalue weighted by Gasteiger charge is 2.37. The molecule has 1 fully saturated rings. The molecule has 25 heavy (non-hydrogen) atoms. The molecule has 0 saturated carbocycles. The number of carbonyl (C=O) groups excluding carboxylic acids is 1. The lowest BCUT2D eigenvalue weighted by Gasteiger charge is -2.38. The molecule has 1 atom stereocenters. The number of amides is 1. The third-order valence-corrected chi connectivity index (χ3v) is 4.59. The first-order valence-corrected chi connectivity index (χ1v) is 8.30. The number of benzene rings is 1. The molecule has 3 heterocycles. The van der Waals surface area contributed by atoms with Gasteiger partial charge in [0, 0.05) is 24.5 Å². The molecule has 1 aliphatic rings. The van der Waals surface area contributed by atoms with E-state index in [0.29, 0.717) is 18.1 Å². The van der Waals surface area contributed by atoms with E-state index in [1.165, 1.54) is 0 Å². The van der Waals surface area contributed by atoms with Crippen LogP contribution in [0.4, 0.5) is 0 Å². The second-order valence-electron chi connectivity index (χ2n) is 6.19. The lowest BCUT2D eigenvalue weighted by atomic mass is 9.99. The number of pyridine rings is 1. The fraction of sp³-hybridized carbons (Fsp3) is 0.263. The van der Waals surface area contributed by atoms with Gasteiger partial charge in [0.15, 0.2) is 0 Å². The Hall–Kier alpha value is -3.02. The van der Waals surface area contributed by atoms with Crippen molar-refractivity contribution in [3.63, 3.8) is 0 Å². The zero-order valence-electron chi connectivity index (χ0n) is 13.9. The van der Waals surface area contributed by atoms with Crippen molar-refractivity contribution >= 4 is 5.91 Å². The maximum Gasteiger partial charge on any atom is 0.249 e. The molecule has 4 rings (SSSR count). The van der Waals surface area contributed by atoms with Crippen molar-refractivity contribution in [3.8, 4) is 11.4 Å². The summed E-state index contributed by atoms with van der Waals surface area (Å²) in [5.41, 5.74) is 2.99. The first kappa shape index (κ1) is 15.5. The summed E-state index contributed by atoms with van der Waals surface area (Å²) >= 11 is 0. The van der Waals surface area contributed by atoms with Gasteiger partial charge in [0.1, 0.15) is 6.04 Å². The van der Waals surface area contributed by atoms with Gasteiger partial charge in [0.05, 0.1) is 6.42 Å². The first-order chi connectivity index (χ1) is 12.2. The highest BCUT2D eigenvalue weighted by molar-refractivity contribution is 5.80. The van der Waals surface area contributed by atoms with Crippen molar-refractivity contribution in [2.45, 2.75) is 25.8 Å². The van der Waals surface area contributed by atoms with Gasteiger partial charge in [-0.25, -0.2) is 0 Å². The van der Waals surface area contributed by atoms with Crippen LogP contribution in [0.25, 0.3) is 11.4 Å². The molecule has 1 amide bonds. The molecule has 1 aromatic carbocycles. The monoisotopic (exact) mass is 334 g/mol. The third kappa shape index (κ3) is 3.03. The fourth-order valence-electron chi connectivity index (χ4n) is 3.00. The molecule has 6 heteroatoms. The van der Waals surface area contributed by atoms with E-state index < -0.39 is 0 Å². The number of aromatic nitrogens is 3. The second kappa shape index (κ2) is 6.47. The average Bonchev–Trinajstić information content (AvgIpc) is 3.06. The molecule has 1 saturated heterocycles. The van der Waals surface area contributed by atoms with Crippen LogP contribution in [0.5, 0.6) is 0 Å². The summed E-state index contributed by atoms with van der Waals surface area (Å²) in [6.07, 6.45) is 4.62. The molecule has 0 N–H and O–H groups in total. The summed E-state index contributed by atoms with van der Waals surface area (Å²) in [4.78, 5) is 23.0. The van der Waals surface area contributed by atoms with Crippen LogP contribution in [0, 0.1) is 6.92 Å². The maximum absolute atomic E-state index is 12.6. The lowest BCUT2D eigenvalue weighted by molar-refractivity contribution is -0.139. The van der Waals surface area contributed by atoms with Crippen LogP contribution >= 0.6 is 0 Å². The van der Waals surface area contributed by atoms with E-state index in [9.17, 15) is 4.79 Å². The number of hydrogen-bond donors (Lipinski definition) is 0. The van der Waals surface area contributed by atoms with E-state index in [1.54, 1.807) is 12.4 Å². The summed E-state index contributed by atoms with van der Waals surface area (Å²) in [7, 11) is 0. The summed E-state index contributed by atoms with van der Waals surface area (Å²) in [5, 5.41) is 4.02. The van der Waals surface area contributed by atoms with Crippen LogP contribution in [0.3, 0.4) is 0 Å². The number of carbonyl (C=O) groups is 1. The van der Waals surface area contributed by atoms with Gasteiger partial charge in [0.2, 0.25) is 17.6 Å². The van der Waals surface area contributed by atoms with Gasteiger partial charge < -0.3 is 9.42 Å². The van der Waals surface area contributed by atoms with Crippen molar-refractivity contribution in [1.29, 1.82) is 0 Å². The Balaban J connectivity index is 1.48.